The third kappa shape index (κ3) is 2.84. The molecular formula is C13H17N3O2S. The van der Waals surface area contributed by atoms with Gasteiger partial charge in [-0.05, 0) is 24.4 Å². The first kappa shape index (κ1) is 13.7. The van der Waals surface area contributed by atoms with E-state index in [4.69, 9.17) is 4.74 Å². The number of aromatic nitrogens is 3. The fourth-order valence-corrected chi connectivity index (χ4v) is 2.49. The molecule has 19 heavy (non-hydrogen) atoms. The van der Waals surface area contributed by atoms with E-state index in [1.807, 2.05) is 31.7 Å². The van der Waals surface area contributed by atoms with Gasteiger partial charge in [0.2, 0.25) is 0 Å². The first-order valence-electron chi connectivity index (χ1n) is 6.10. The zero-order chi connectivity index (χ0) is 14.0. The summed E-state index contributed by atoms with van der Waals surface area (Å²) >= 11 is 1.26. The second kappa shape index (κ2) is 5.52. The molecule has 0 aromatic carbocycles. The Balaban J connectivity index is 2.21. The van der Waals surface area contributed by atoms with E-state index < -0.39 is 0 Å². The van der Waals surface area contributed by atoms with Crippen molar-refractivity contribution in [2.45, 2.75) is 26.9 Å². The number of ether oxygens (including phenoxy) is 1. The highest BCUT2D eigenvalue weighted by Gasteiger charge is 2.26. The van der Waals surface area contributed by atoms with Gasteiger partial charge in [-0.25, -0.2) is 9.78 Å². The molecule has 0 spiro atoms. The molecule has 6 heteroatoms. The summed E-state index contributed by atoms with van der Waals surface area (Å²) in [6.07, 6.45) is 3.19. The maximum absolute atomic E-state index is 12.2. The van der Waals surface area contributed by atoms with E-state index in [2.05, 4.69) is 9.36 Å². The Morgan fingerprint density at radius 2 is 2.21 bits per heavy atom. The van der Waals surface area contributed by atoms with Crippen molar-refractivity contribution in [2.24, 2.45) is 13.0 Å². The average molecular weight is 279 g/mol. The molecule has 0 N–H and O–H groups in total. The van der Waals surface area contributed by atoms with Crippen LogP contribution >= 0.6 is 11.5 Å². The Morgan fingerprint density at radius 3 is 2.68 bits per heavy atom. The van der Waals surface area contributed by atoms with Gasteiger partial charge >= 0.3 is 5.97 Å². The van der Waals surface area contributed by atoms with Crippen LogP contribution in [0.15, 0.2) is 17.8 Å². The summed E-state index contributed by atoms with van der Waals surface area (Å²) in [6.45, 7) is 5.81. The van der Waals surface area contributed by atoms with Crippen molar-refractivity contribution in [3.8, 4) is 0 Å². The van der Waals surface area contributed by atoms with Crippen LogP contribution in [0.4, 0.5) is 0 Å². The summed E-state index contributed by atoms with van der Waals surface area (Å²) in [5.74, 6) is 0.564. The molecule has 102 valence electrons. The fourth-order valence-electron chi connectivity index (χ4n) is 1.81. The molecule has 0 aliphatic carbocycles. The van der Waals surface area contributed by atoms with Crippen LogP contribution in [0.3, 0.4) is 0 Å². The van der Waals surface area contributed by atoms with Gasteiger partial charge in [0.15, 0.2) is 6.10 Å². The van der Waals surface area contributed by atoms with Crippen LogP contribution in [-0.4, -0.2) is 19.9 Å². The van der Waals surface area contributed by atoms with Crippen LogP contribution in [-0.2, 0) is 11.8 Å². The second-order valence-corrected chi connectivity index (χ2v) is 5.41. The molecule has 1 atom stereocenters. The normalized spacial score (nSPS) is 12.7. The number of hydrogen-bond acceptors (Lipinski definition) is 5. The topological polar surface area (TPSA) is 57.0 Å². The van der Waals surface area contributed by atoms with Gasteiger partial charge in [-0.2, -0.15) is 4.37 Å². The molecule has 0 aliphatic rings. The van der Waals surface area contributed by atoms with Crippen molar-refractivity contribution < 1.29 is 9.53 Å². The smallest absolute Gasteiger partial charge is 0.341 e. The molecule has 2 aromatic rings. The van der Waals surface area contributed by atoms with E-state index in [1.54, 1.807) is 18.5 Å². The van der Waals surface area contributed by atoms with E-state index in [-0.39, 0.29) is 18.0 Å². The van der Waals surface area contributed by atoms with Crippen molar-refractivity contribution in [2.75, 3.05) is 0 Å². The number of hydrogen-bond donors (Lipinski definition) is 0. The summed E-state index contributed by atoms with van der Waals surface area (Å²) in [7, 11) is 1.89. The Kier molecular flexibility index (Phi) is 3.99. The molecule has 0 fully saturated rings. The molecule has 0 aliphatic heterocycles. The number of nitrogens with zero attached hydrogens (tertiary/aromatic N) is 3. The summed E-state index contributed by atoms with van der Waals surface area (Å²) in [5.41, 5.74) is 1.24. The molecule has 0 radical (unpaired) electrons. The third-order valence-corrected chi connectivity index (χ3v) is 3.64. The van der Waals surface area contributed by atoms with Gasteiger partial charge in [-0.1, -0.05) is 13.8 Å². The zero-order valence-electron chi connectivity index (χ0n) is 11.5. The lowest BCUT2D eigenvalue weighted by atomic mass is 10.1. The zero-order valence-corrected chi connectivity index (χ0v) is 12.3. The van der Waals surface area contributed by atoms with Crippen LogP contribution in [0.1, 0.15) is 41.8 Å². The van der Waals surface area contributed by atoms with Crippen molar-refractivity contribution in [1.82, 2.24) is 13.9 Å². The number of imidazole rings is 1. The Labute approximate surface area is 116 Å². The Hall–Kier alpha value is -1.69. The maximum atomic E-state index is 12.2. The highest BCUT2D eigenvalue weighted by atomic mass is 32.1. The molecule has 2 heterocycles. The van der Waals surface area contributed by atoms with Crippen molar-refractivity contribution in [3.63, 3.8) is 0 Å². The van der Waals surface area contributed by atoms with Gasteiger partial charge in [0.1, 0.15) is 5.82 Å². The molecule has 2 aromatic heterocycles. The van der Waals surface area contributed by atoms with Crippen LogP contribution in [0.25, 0.3) is 0 Å². The monoisotopic (exact) mass is 279 g/mol. The van der Waals surface area contributed by atoms with Gasteiger partial charge in [-0.3, -0.25) is 0 Å². The minimum atomic E-state index is -0.355. The van der Waals surface area contributed by atoms with Crippen LogP contribution < -0.4 is 0 Å². The van der Waals surface area contributed by atoms with Crippen LogP contribution in [0, 0.1) is 12.8 Å². The highest BCUT2D eigenvalue weighted by Crippen LogP contribution is 2.26. The molecule has 5 nitrogen and oxygen atoms in total. The minimum absolute atomic E-state index is 0.150. The summed E-state index contributed by atoms with van der Waals surface area (Å²) in [6, 6.07) is 0. The second-order valence-electron chi connectivity index (χ2n) is 4.78. The summed E-state index contributed by atoms with van der Waals surface area (Å²) in [4.78, 5) is 16.4. The van der Waals surface area contributed by atoms with Crippen LogP contribution in [0.2, 0.25) is 0 Å². The predicted molar refractivity (Wildman–Crippen MR) is 73.1 cm³/mol. The molecule has 2 rings (SSSR count). The predicted octanol–water partition coefficient (Wildman–Crippen LogP) is 2.74. The number of rotatable bonds is 4. The van der Waals surface area contributed by atoms with E-state index >= 15 is 0 Å². The van der Waals surface area contributed by atoms with Gasteiger partial charge in [-0.15, -0.1) is 0 Å². The largest absolute Gasteiger partial charge is 0.450 e. The van der Waals surface area contributed by atoms with Crippen molar-refractivity contribution in [3.05, 3.63) is 34.9 Å². The van der Waals surface area contributed by atoms with Gasteiger partial charge < -0.3 is 9.30 Å². The van der Waals surface area contributed by atoms with E-state index in [9.17, 15) is 4.79 Å². The van der Waals surface area contributed by atoms with E-state index in [0.717, 1.165) is 5.82 Å². The van der Waals surface area contributed by atoms with Gasteiger partial charge in [0.25, 0.3) is 0 Å². The minimum Gasteiger partial charge on any atom is -0.450 e. The first-order chi connectivity index (χ1) is 9.00. The van der Waals surface area contributed by atoms with E-state index in [1.165, 1.54) is 11.5 Å². The number of aryl methyl sites for hydroxylation is 2. The standard InChI is InChI=1S/C13H17N3O2S/c1-8(2)11(12-14-5-6-16(12)4)18-13(17)10-7-19-15-9(10)3/h5-8,11H,1-4H3. The first-order valence-corrected chi connectivity index (χ1v) is 6.93. The quantitative estimate of drug-likeness (QED) is 0.807. The lowest BCUT2D eigenvalue weighted by molar-refractivity contribution is 0.0141. The molecule has 0 saturated heterocycles. The van der Waals surface area contributed by atoms with Gasteiger partial charge in [0.05, 0.1) is 11.3 Å². The lowest BCUT2D eigenvalue weighted by Gasteiger charge is -2.20. The fraction of sp³-hybridized carbons (Fsp3) is 0.462. The van der Waals surface area contributed by atoms with Crippen molar-refractivity contribution >= 4 is 17.5 Å². The highest BCUT2D eigenvalue weighted by molar-refractivity contribution is 7.03. The third-order valence-electron chi connectivity index (χ3n) is 2.92. The molecular weight excluding hydrogens is 262 g/mol. The SMILES string of the molecule is Cc1nscc1C(=O)OC(c1nccn1C)C(C)C. The summed E-state index contributed by atoms with van der Waals surface area (Å²) < 4.78 is 11.6. The Morgan fingerprint density at radius 1 is 1.47 bits per heavy atom. The van der Waals surface area contributed by atoms with Gasteiger partial charge in [0, 0.05) is 24.8 Å². The maximum Gasteiger partial charge on any atom is 0.341 e. The van der Waals surface area contributed by atoms with E-state index in [0.29, 0.717) is 11.3 Å². The van der Waals surface area contributed by atoms with Crippen LogP contribution in [0.5, 0.6) is 0 Å². The van der Waals surface area contributed by atoms with Crippen molar-refractivity contribution in [1.29, 1.82) is 0 Å². The Bertz CT molecular complexity index is 574. The average Bonchev–Trinajstić information content (AvgIpc) is 2.94. The molecule has 0 bridgehead atoms. The molecule has 0 amide bonds. The summed E-state index contributed by atoms with van der Waals surface area (Å²) in [5, 5.41) is 1.72. The number of carbonyl (C=O) groups excluding carboxylic acids is 1. The number of esters is 1. The molecule has 1 unspecified atom stereocenters. The lowest BCUT2D eigenvalue weighted by Crippen LogP contribution is -2.19. The molecule has 0 saturated carbocycles. The number of carbonyl (C=O) groups is 1.